The van der Waals surface area contributed by atoms with Gasteiger partial charge in [0.05, 0.1) is 12.1 Å². The second-order valence-electron chi connectivity index (χ2n) is 5.63. The van der Waals surface area contributed by atoms with Crippen LogP contribution >= 0.6 is 11.6 Å². The summed E-state index contributed by atoms with van der Waals surface area (Å²) in [5.74, 6) is -0.144. The molecule has 18 heavy (non-hydrogen) atoms. The van der Waals surface area contributed by atoms with Crippen LogP contribution in [0.25, 0.3) is 0 Å². The number of nitrogens with two attached hydrogens (primary N) is 1. The van der Waals surface area contributed by atoms with Crippen molar-refractivity contribution < 1.29 is 4.79 Å². The Morgan fingerprint density at radius 3 is 2.50 bits per heavy atom. The lowest BCUT2D eigenvalue weighted by atomic mass is 9.86. The topological polar surface area (TPSA) is 55.1 Å². The fourth-order valence-electron chi connectivity index (χ4n) is 1.56. The van der Waals surface area contributed by atoms with E-state index in [4.69, 9.17) is 17.3 Å². The average Bonchev–Trinajstić information content (AvgIpc) is 2.26. The lowest BCUT2D eigenvalue weighted by molar-refractivity contribution is -0.125. The van der Waals surface area contributed by atoms with Crippen LogP contribution < -0.4 is 11.1 Å². The lowest BCUT2D eigenvalue weighted by Gasteiger charge is -2.27. The van der Waals surface area contributed by atoms with Gasteiger partial charge in [-0.1, -0.05) is 44.5 Å². The van der Waals surface area contributed by atoms with Gasteiger partial charge >= 0.3 is 0 Å². The van der Waals surface area contributed by atoms with Crippen LogP contribution in [0.15, 0.2) is 24.3 Å². The Bertz CT molecular complexity index is 426. The van der Waals surface area contributed by atoms with Gasteiger partial charge in [-0.15, -0.1) is 0 Å². The predicted octanol–water partition coefficient (Wildman–Crippen LogP) is 2.89. The number of halogens is 1. The maximum atomic E-state index is 12.0. The largest absolute Gasteiger partial charge is 0.348 e. The van der Waals surface area contributed by atoms with Gasteiger partial charge in [-0.2, -0.15) is 0 Å². The second-order valence-corrected chi connectivity index (χ2v) is 6.07. The molecule has 0 aliphatic rings. The monoisotopic (exact) mass is 268 g/mol. The first-order chi connectivity index (χ1) is 8.21. The van der Waals surface area contributed by atoms with Crippen molar-refractivity contribution in [2.45, 2.75) is 39.8 Å². The van der Waals surface area contributed by atoms with Crippen LogP contribution in [0, 0.1) is 5.41 Å². The number of amides is 1. The van der Waals surface area contributed by atoms with E-state index in [0.29, 0.717) is 5.02 Å². The Morgan fingerprint density at radius 1 is 1.39 bits per heavy atom. The summed E-state index contributed by atoms with van der Waals surface area (Å²) in [6.45, 7) is 7.75. The molecule has 0 aliphatic carbocycles. The molecule has 0 saturated carbocycles. The normalized spacial score (nSPS) is 15.0. The van der Waals surface area contributed by atoms with Gasteiger partial charge in [0.25, 0.3) is 0 Å². The molecule has 0 radical (unpaired) electrons. The molecule has 3 nitrogen and oxygen atoms in total. The van der Waals surface area contributed by atoms with E-state index < -0.39 is 6.04 Å². The van der Waals surface area contributed by atoms with Crippen LogP contribution in [0.2, 0.25) is 5.02 Å². The summed E-state index contributed by atoms with van der Waals surface area (Å²) in [5, 5.41) is 3.57. The molecule has 1 aromatic carbocycles. The van der Waals surface area contributed by atoms with Crippen LogP contribution in [0.4, 0.5) is 0 Å². The van der Waals surface area contributed by atoms with Crippen molar-refractivity contribution >= 4 is 17.5 Å². The average molecular weight is 269 g/mol. The van der Waals surface area contributed by atoms with Gasteiger partial charge in [-0.25, -0.2) is 0 Å². The van der Waals surface area contributed by atoms with Crippen LogP contribution in [0.5, 0.6) is 0 Å². The zero-order chi connectivity index (χ0) is 13.9. The van der Waals surface area contributed by atoms with E-state index in [2.05, 4.69) is 5.32 Å². The highest BCUT2D eigenvalue weighted by Crippen LogP contribution is 2.20. The summed E-state index contributed by atoms with van der Waals surface area (Å²) in [6.07, 6.45) is 0. The molecule has 100 valence electrons. The molecule has 0 spiro atoms. The van der Waals surface area contributed by atoms with Crippen LogP contribution in [0.3, 0.4) is 0 Å². The third kappa shape index (κ3) is 4.00. The van der Waals surface area contributed by atoms with E-state index in [1.165, 1.54) is 0 Å². The summed E-state index contributed by atoms with van der Waals surface area (Å²) in [4.78, 5) is 12.0. The van der Waals surface area contributed by atoms with Crippen LogP contribution in [-0.4, -0.2) is 11.9 Å². The van der Waals surface area contributed by atoms with Crippen molar-refractivity contribution in [1.29, 1.82) is 0 Å². The molecule has 0 fully saturated rings. The van der Waals surface area contributed by atoms with Crippen LogP contribution in [0.1, 0.15) is 39.3 Å². The standard InChI is InChI=1S/C14H21ClN2O/c1-9(10-6-5-7-11(15)8-10)17-13(18)12(16)14(2,3)4/h5-9,12H,16H2,1-4H3,(H,17,18)/t9-,12-/m1/s1. The summed E-state index contributed by atoms with van der Waals surface area (Å²) in [7, 11) is 0. The molecule has 1 aromatic rings. The molecule has 2 atom stereocenters. The zero-order valence-corrected chi connectivity index (χ0v) is 12.1. The summed E-state index contributed by atoms with van der Waals surface area (Å²) < 4.78 is 0. The zero-order valence-electron chi connectivity index (χ0n) is 11.3. The van der Waals surface area contributed by atoms with Crippen molar-refractivity contribution in [3.05, 3.63) is 34.9 Å². The smallest absolute Gasteiger partial charge is 0.237 e. The quantitative estimate of drug-likeness (QED) is 0.886. The minimum Gasteiger partial charge on any atom is -0.348 e. The Balaban J connectivity index is 2.71. The van der Waals surface area contributed by atoms with Gasteiger partial charge in [0, 0.05) is 5.02 Å². The fourth-order valence-corrected chi connectivity index (χ4v) is 1.75. The highest BCUT2D eigenvalue weighted by Gasteiger charge is 2.28. The van der Waals surface area contributed by atoms with E-state index in [9.17, 15) is 4.79 Å². The van der Waals surface area contributed by atoms with Gasteiger partial charge < -0.3 is 11.1 Å². The number of carbonyl (C=O) groups excluding carboxylic acids is 1. The molecule has 0 aromatic heterocycles. The first-order valence-corrected chi connectivity index (χ1v) is 6.41. The third-order valence-electron chi connectivity index (χ3n) is 2.92. The van der Waals surface area contributed by atoms with Gasteiger partial charge in [0.1, 0.15) is 0 Å². The lowest BCUT2D eigenvalue weighted by Crippen LogP contribution is -2.49. The van der Waals surface area contributed by atoms with Gasteiger partial charge in [0.2, 0.25) is 5.91 Å². The molecule has 1 rings (SSSR count). The molecule has 4 heteroatoms. The Hall–Kier alpha value is -1.06. The first kappa shape index (κ1) is 15.0. The summed E-state index contributed by atoms with van der Waals surface area (Å²) >= 11 is 5.92. The van der Waals surface area contributed by atoms with Crippen molar-refractivity contribution in [2.24, 2.45) is 11.1 Å². The van der Waals surface area contributed by atoms with E-state index in [0.717, 1.165) is 5.56 Å². The molecule has 3 N–H and O–H groups in total. The molecule has 1 amide bonds. The van der Waals surface area contributed by atoms with E-state index in [-0.39, 0.29) is 17.4 Å². The number of hydrogen-bond donors (Lipinski definition) is 2. The maximum Gasteiger partial charge on any atom is 0.237 e. The molecule has 0 heterocycles. The summed E-state index contributed by atoms with van der Waals surface area (Å²) in [6, 6.07) is 6.81. The number of nitrogens with one attached hydrogen (secondary N) is 1. The number of benzene rings is 1. The van der Waals surface area contributed by atoms with E-state index in [1.807, 2.05) is 45.9 Å². The number of carbonyl (C=O) groups is 1. The highest BCUT2D eigenvalue weighted by molar-refractivity contribution is 6.30. The van der Waals surface area contributed by atoms with Gasteiger partial charge in [-0.3, -0.25) is 4.79 Å². The van der Waals surface area contributed by atoms with Crippen molar-refractivity contribution in [1.82, 2.24) is 5.32 Å². The Morgan fingerprint density at radius 2 is 2.00 bits per heavy atom. The molecular formula is C14H21ClN2O. The van der Waals surface area contributed by atoms with Crippen molar-refractivity contribution in [2.75, 3.05) is 0 Å². The molecular weight excluding hydrogens is 248 g/mol. The molecule has 0 saturated heterocycles. The van der Waals surface area contributed by atoms with Crippen molar-refractivity contribution in [3.8, 4) is 0 Å². The summed E-state index contributed by atoms with van der Waals surface area (Å²) in [5.41, 5.74) is 6.63. The molecule has 0 unspecified atom stereocenters. The maximum absolute atomic E-state index is 12.0. The second kappa shape index (κ2) is 5.72. The number of hydrogen-bond acceptors (Lipinski definition) is 2. The van der Waals surface area contributed by atoms with Gasteiger partial charge in [-0.05, 0) is 30.0 Å². The Kier molecular flexibility index (Phi) is 4.77. The van der Waals surface area contributed by atoms with E-state index in [1.54, 1.807) is 6.07 Å². The highest BCUT2D eigenvalue weighted by atomic mass is 35.5. The predicted molar refractivity (Wildman–Crippen MR) is 75.4 cm³/mol. The fraction of sp³-hybridized carbons (Fsp3) is 0.500. The first-order valence-electron chi connectivity index (χ1n) is 6.03. The number of rotatable bonds is 3. The minimum absolute atomic E-state index is 0.107. The molecule has 0 bridgehead atoms. The van der Waals surface area contributed by atoms with Crippen LogP contribution in [-0.2, 0) is 4.79 Å². The SMILES string of the molecule is C[C@@H](NC(=O)[C@@H](N)C(C)(C)C)c1cccc(Cl)c1. The van der Waals surface area contributed by atoms with E-state index >= 15 is 0 Å². The molecule has 0 aliphatic heterocycles. The van der Waals surface area contributed by atoms with Gasteiger partial charge in [0.15, 0.2) is 0 Å². The third-order valence-corrected chi connectivity index (χ3v) is 3.16. The Labute approximate surface area is 114 Å². The van der Waals surface area contributed by atoms with Crippen molar-refractivity contribution in [3.63, 3.8) is 0 Å². The minimum atomic E-state index is -0.529.